The lowest BCUT2D eigenvalue weighted by Gasteiger charge is -2.12. The van der Waals surface area contributed by atoms with Crippen LogP contribution in [0.15, 0.2) is 24.3 Å². The molecule has 0 bridgehead atoms. The quantitative estimate of drug-likeness (QED) is 0.868. The first-order chi connectivity index (χ1) is 8.29. The molecule has 1 saturated carbocycles. The third-order valence-corrected chi connectivity index (χ3v) is 3.10. The van der Waals surface area contributed by atoms with E-state index in [9.17, 15) is 4.79 Å². The second-order valence-electron chi connectivity index (χ2n) is 4.42. The molecule has 92 valence electrons. The normalized spacial score (nSPS) is 15.8. The van der Waals surface area contributed by atoms with Gasteiger partial charge in [-0.3, -0.25) is 4.79 Å². The Morgan fingerprint density at radius 1 is 1.41 bits per heavy atom. The first-order valence-corrected chi connectivity index (χ1v) is 6.33. The van der Waals surface area contributed by atoms with Crippen molar-refractivity contribution >= 4 is 5.91 Å². The van der Waals surface area contributed by atoms with Crippen LogP contribution in [-0.4, -0.2) is 18.6 Å². The molecule has 1 aliphatic rings. The molecular weight excluding hydrogens is 214 g/mol. The molecule has 1 aliphatic carbocycles. The Morgan fingerprint density at radius 2 is 2.18 bits per heavy atom. The zero-order valence-electron chi connectivity index (χ0n) is 10.2. The lowest BCUT2D eigenvalue weighted by atomic mass is 10.1. The fraction of sp³-hybridized carbons (Fsp3) is 0.500. The fourth-order valence-corrected chi connectivity index (χ4v) is 2.23. The Hall–Kier alpha value is -1.51. The second-order valence-corrected chi connectivity index (χ2v) is 4.42. The number of hydrogen-bond acceptors (Lipinski definition) is 2. The highest BCUT2D eigenvalue weighted by atomic mass is 16.5. The molecule has 1 fully saturated rings. The van der Waals surface area contributed by atoms with E-state index in [2.05, 4.69) is 5.32 Å². The molecule has 1 amide bonds. The molecule has 3 nitrogen and oxygen atoms in total. The van der Waals surface area contributed by atoms with Crippen LogP contribution in [0.1, 0.15) is 43.0 Å². The minimum atomic E-state index is 0.0125. The molecule has 0 unspecified atom stereocenters. The van der Waals surface area contributed by atoms with E-state index in [0.29, 0.717) is 18.2 Å². The molecule has 1 aromatic rings. The van der Waals surface area contributed by atoms with Crippen molar-refractivity contribution in [3.63, 3.8) is 0 Å². The van der Waals surface area contributed by atoms with Crippen molar-refractivity contribution in [2.45, 2.75) is 38.6 Å². The van der Waals surface area contributed by atoms with Crippen LogP contribution in [0.25, 0.3) is 0 Å². The molecule has 3 heteroatoms. The lowest BCUT2D eigenvalue weighted by molar-refractivity contribution is 0.0937. The standard InChI is InChI=1S/C14H19NO2/c1-2-17-13-9-5-6-11(10-13)14(16)15-12-7-3-4-8-12/h5-6,9-10,12H,2-4,7-8H2,1H3,(H,15,16). The Bertz CT molecular complexity index is 384. The van der Waals surface area contributed by atoms with E-state index in [1.807, 2.05) is 25.1 Å². The maximum absolute atomic E-state index is 12.0. The zero-order valence-corrected chi connectivity index (χ0v) is 10.2. The third kappa shape index (κ3) is 3.22. The third-order valence-electron chi connectivity index (χ3n) is 3.10. The van der Waals surface area contributed by atoms with E-state index in [1.165, 1.54) is 12.8 Å². The van der Waals surface area contributed by atoms with Gasteiger partial charge in [0, 0.05) is 11.6 Å². The summed E-state index contributed by atoms with van der Waals surface area (Å²) in [5.74, 6) is 0.769. The van der Waals surface area contributed by atoms with Crippen molar-refractivity contribution in [2.24, 2.45) is 0 Å². The van der Waals surface area contributed by atoms with E-state index < -0.39 is 0 Å². The highest BCUT2D eigenvalue weighted by molar-refractivity contribution is 5.94. The average Bonchev–Trinajstić information content (AvgIpc) is 2.83. The molecule has 1 N–H and O–H groups in total. The van der Waals surface area contributed by atoms with Crippen molar-refractivity contribution < 1.29 is 9.53 Å². The van der Waals surface area contributed by atoms with Gasteiger partial charge < -0.3 is 10.1 Å². The van der Waals surface area contributed by atoms with Crippen LogP contribution in [0.3, 0.4) is 0 Å². The second kappa shape index (κ2) is 5.71. The number of amides is 1. The van der Waals surface area contributed by atoms with Gasteiger partial charge in [-0.25, -0.2) is 0 Å². The van der Waals surface area contributed by atoms with Crippen molar-refractivity contribution in [3.8, 4) is 5.75 Å². The van der Waals surface area contributed by atoms with Crippen LogP contribution in [0.5, 0.6) is 5.75 Å². The van der Waals surface area contributed by atoms with Gasteiger partial charge in [0.15, 0.2) is 0 Å². The molecule has 1 aromatic carbocycles. The minimum absolute atomic E-state index is 0.0125. The summed E-state index contributed by atoms with van der Waals surface area (Å²) in [4.78, 5) is 12.0. The van der Waals surface area contributed by atoms with Crippen LogP contribution in [-0.2, 0) is 0 Å². The number of rotatable bonds is 4. The van der Waals surface area contributed by atoms with Crippen LogP contribution < -0.4 is 10.1 Å². The van der Waals surface area contributed by atoms with Crippen LogP contribution in [0.4, 0.5) is 0 Å². The van der Waals surface area contributed by atoms with E-state index >= 15 is 0 Å². The van der Waals surface area contributed by atoms with Gasteiger partial charge in [0.25, 0.3) is 5.91 Å². The molecule has 0 aromatic heterocycles. The Balaban J connectivity index is 1.99. The van der Waals surface area contributed by atoms with Gasteiger partial charge in [0.2, 0.25) is 0 Å². The van der Waals surface area contributed by atoms with Crippen LogP contribution >= 0.6 is 0 Å². The lowest BCUT2D eigenvalue weighted by Crippen LogP contribution is -2.32. The maximum Gasteiger partial charge on any atom is 0.251 e. The molecule has 0 heterocycles. The Labute approximate surface area is 102 Å². The molecule has 0 aliphatic heterocycles. The first kappa shape index (κ1) is 12.0. The summed E-state index contributed by atoms with van der Waals surface area (Å²) in [5, 5.41) is 3.07. The van der Waals surface area contributed by atoms with Crippen molar-refractivity contribution in [1.82, 2.24) is 5.32 Å². The summed E-state index contributed by atoms with van der Waals surface area (Å²) in [7, 11) is 0. The summed E-state index contributed by atoms with van der Waals surface area (Å²) in [5.41, 5.74) is 0.683. The van der Waals surface area contributed by atoms with Gasteiger partial charge in [0.1, 0.15) is 5.75 Å². The predicted molar refractivity (Wildman–Crippen MR) is 67.3 cm³/mol. The molecule has 0 spiro atoms. The predicted octanol–water partition coefficient (Wildman–Crippen LogP) is 2.76. The average molecular weight is 233 g/mol. The Morgan fingerprint density at radius 3 is 2.88 bits per heavy atom. The number of benzene rings is 1. The fourth-order valence-electron chi connectivity index (χ4n) is 2.23. The monoisotopic (exact) mass is 233 g/mol. The van der Waals surface area contributed by atoms with Gasteiger partial charge in [-0.05, 0) is 38.0 Å². The largest absolute Gasteiger partial charge is 0.494 e. The molecule has 0 atom stereocenters. The highest BCUT2D eigenvalue weighted by Gasteiger charge is 2.17. The van der Waals surface area contributed by atoms with Gasteiger partial charge >= 0.3 is 0 Å². The van der Waals surface area contributed by atoms with Crippen molar-refractivity contribution in [2.75, 3.05) is 6.61 Å². The molecule has 0 radical (unpaired) electrons. The molecule has 2 rings (SSSR count). The van der Waals surface area contributed by atoms with Crippen LogP contribution in [0.2, 0.25) is 0 Å². The van der Waals surface area contributed by atoms with Crippen molar-refractivity contribution in [3.05, 3.63) is 29.8 Å². The Kier molecular flexibility index (Phi) is 4.02. The van der Waals surface area contributed by atoms with E-state index in [4.69, 9.17) is 4.74 Å². The minimum Gasteiger partial charge on any atom is -0.494 e. The smallest absolute Gasteiger partial charge is 0.251 e. The van der Waals surface area contributed by atoms with E-state index in [1.54, 1.807) is 6.07 Å². The summed E-state index contributed by atoms with van der Waals surface area (Å²) < 4.78 is 5.39. The number of nitrogens with one attached hydrogen (secondary N) is 1. The summed E-state index contributed by atoms with van der Waals surface area (Å²) >= 11 is 0. The van der Waals surface area contributed by atoms with Gasteiger partial charge in [-0.2, -0.15) is 0 Å². The maximum atomic E-state index is 12.0. The van der Waals surface area contributed by atoms with Gasteiger partial charge in [-0.1, -0.05) is 18.9 Å². The summed E-state index contributed by atoms with van der Waals surface area (Å²) in [6, 6.07) is 7.71. The topological polar surface area (TPSA) is 38.3 Å². The number of hydrogen-bond donors (Lipinski definition) is 1. The number of carbonyl (C=O) groups is 1. The zero-order chi connectivity index (χ0) is 12.1. The van der Waals surface area contributed by atoms with Gasteiger partial charge in [-0.15, -0.1) is 0 Å². The van der Waals surface area contributed by atoms with Gasteiger partial charge in [0.05, 0.1) is 6.61 Å². The highest BCUT2D eigenvalue weighted by Crippen LogP contribution is 2.19. The summed E-state index contributed by atoms with van der Waals surface area (Å²) in [6.07, 6.45) is 4.67. The van der Waals surface area contributed by atoms with Crippen molar-refractivity contribution in [1.29, 1.82) is 0 Å². The number of carbonyl (C=O) groups excluding carboxylic acids is 1. The molecule has 0 saturated heterocycles. The van der Waals surface area contributed by atoms with E-state index in [0.717, 1.165) is 18.6 Å². The SMILES string of the molecule is CCOc1cccc(C(=O)NC2CCCC2)c1. The molecular formula is C14H19NO2. The van der Waals surface area contributed by atoms with Crippen LogP contribution in [0, 0.1) is 0 Å². The first-order valence-electron chi connectivity index (χ1n) is 6.33. The molecule has 17 heavy (non-hydrogen) atoms. The van der Waals surface area contributed by atoms with E-state index in [-0.39, 0.29) is 5.91 Å². The number of ether oxygens (including phenoxy) is 1. The summed E-state index contributed by atoms with van der Waals surface area (Å²) in [6.45, 7) is 2.55.